The molecule has 0 aromatic heterocycles. The van der Waals surface area contributed by atoms with Gasteiger partial charge >= 0.3 is 5.97 Å². The molecule has 2 saturated carbocycles. The second-order valence-electron chi connectivity index (χ2n) is 7.42. The van der Waals surface area contributed by atoms with Crippen molar-refractivity contribution in [3.8, 4) is 0 Å². The molecular formula is C15H24O2Si. The predicted molar refractivity (Wildman–Crippen MR) is 74.9 cm³/mol. The van der Waals surface area contributed by atoms with Gasteiger partial charge in [-0.25, -0.2) is 0 Å². The van der Waals surface area contributed by atoms with Crippen molar-refractivity contribution in [2.24, 2.45) is 11.3 Å². The van der Waals surface area contributed by atoms with E-state index >= 15 is 0 Å². The molecule has 0 N–H and O–H groups in total. The van der Waals surface area contributed by atoms with Crippen LogP contribution in [-0.4, -0.2) is 20.1 Å². The van der Waals surface area contributed by atoms with E-state index < -0.39 is 8.07 Å². The topological polar surface area (TPSA) is 26.3 Å². The van der Waals surface area contributed by atoms with E-state index in [1.165, 1.54) is 31.3 Å². The Labute approximate surface area is 111 Å². The van der Waals surface area contributed by atoms with Gasteiger partial charge in [-0.05, 0) is 32.1 Å². The lowest BCUT2D eigenvalue weighted by atomic mass is 9.67. The minimum atomic E-state index is -1.24. The number of hydrogen-bond acceptors (Lipinski definition) is 2. The Hall–Kier alpha value is -0.573. The molecule has 0 aromatic rings. The molecule has 0 bridgehead atoms. The summed E-state index contributed by atoms with van der Waals surface area (Å²) in [5.74, 6) is 0.207. The standard InChI is InChI=1S/C15H24O2Si/c1-18(2,3)10-11-7-9-15-8-5-4-6-12(15)17-14(16)13(11)15/h10,12-13H,4-9H2,1-3H3/b11-10-/t12-,13-,15+/m1/s1. The minimum absolute atomic E-state index is 0.0869. The largest absolute Gasteiger partial charge is 0.461 e. The van der Waals surface area contributed by atoms with Crippen molar-refractivity contribution >= 4 is 14.0 Å². The molecular weight excluding hydrogens is 240 g/mol. The first kappa shape index (κ1) is 12.5. The monoisotopic (exact) mass is 264 g/mol. The van der Waals surface area contributed by atoms with Gasteiger partial charge in [-0.3, -0.25) is 4.79 Å². The van der Waals surface area contributed by atoms with Gasteiger partial charge in [0.05, 0.1) is 14.0 Å². The summed E-state index contributed by atoms with van der Waals surface area (Å²) < 4.78 is 5.70. The summed E-state index contributed by atoms with van der Waals surface area (Å²) in [4.78, 5) is 12.3. The van der Waals surface area contributed by atoms with Gasteiger partial charge in [0, 0.05) is 5.41 Å². The molecule has 3 heteroatoms. The molecule has 3 rings (SSSR count). The molecule has 1 saturated heterocycles. The summed E-state index contributed by atoms with van der Waals surface area (Å²) in [7, 11) is -1.24. The Morgan fingerprint density at radius 1 is 1.28 bits per heavy atom. The average Bonchev–Trinajstić information content (AvgIpc) is 2.72. The minimum Gasteiger partial charge on any atom is -0.461 e. The van der Waals surface area contributed by atoms with Gasteiger partial charge in [0.25, 0.3) is 0 Å². The van der Waals surface area contributed by atoms with Crippen LogP contribution < -0.4 is 0 Å². The number of carbonyl (C=O) groups excluding carboxylic acids is 1. The molecule has 1 spiro atoms. The van der Waals surface area contributed by atoms with Gasteiger partial charge in [0.1, 0.15) is 6.10 Å². The van der Waals surface area contributed by atoms with E-state index in [0.29, 0.717) is 0 Å². The quantitative estimate of drug-likeness (QED) is 0.533. The summed E-state index contributed by atoms with van der Waals surface area (Å²) in [6.07, 6.45) is 7.38. The zero-order valence-corrected chi connectivity index (χ0v) is 12.8. The van der Waals surface area contributed by atoms with Gasteiger partial charge in [-0.15, -0.1) is 0 Å². The molecule has 3 atom stereocenters. The van der Waals surface area contributed by atoms with Gasteiger partial charge in [0.15, 0.2) is 0 Å². The number of carbonyl (C=O) groups is 1. The van der Waals surface area contributed by atoms with Crippen molar-refractivity contribution < 1.29 is 9.53 Å². The zero-order chi connectivity index (χ0) is 13.0. The molecule has 3 aliphatic rings. The Morgan fingerprint density at radius 2 is 2.06 bits per heavy atom. The highest BCUT2D eigenvalue weighted by Gasteiger charge is 2.61. The van der Waals surface area contributed by atoms with Crippen molar-refractivity contribution in [3.63, 3.8) is 0 Å². The van der Waals surface area contributed by atoms with Crippen LogP contribution in [0, 0.1) is 11.3 Å². The van der Waals surface area contributed by atoms with Crippen LogP contribution in [0.2, 0.25) is 19.6 Å². The van der Waals surface area contributed by atoms with E-state index in [1.807, 2.05) is 0 Å². The Balaban J connectivity index is 1.97. The fourth-order valence-electron chi connectivity index (χ4n) is 4.37. The van der Waals surface area contributed by atoms with Crippen LogP contribution in [0.1, 0.15) is 38.5 Å². The fourth-order valence-corrected chi connectivity index (χ4v) is 5.79. The van der Waals surface area contributed by atoms with E-state index in [0.717, 1.165) is 12.8 Å². The third-order valence-corrected chi connectivity index (χ3v) is 6.17. The van der Waals surface area contributed by atoms with Crippen molar-refractivity contribution in [1.29, 1.82) is 0 Å². The van der Waals surface area contributed by atoms with Crippen LogP contribution in [0.4, 0.5) is 0 Å². The Kier molecular flexibility index (Phi) is 2.74. The summed E-state index contributed by atoms with van der Waals surface area (Å²) >= 11 is 0. The van der Waals surface area contributed by atoms with Crippen LogP contribution in [0.5, 0.6) is 0 Å². The average molecular weight is 264 g/mol. The predicted octanol–water partition coefficient (Wildman–Crippen LogP) is 3.69. The highest BCUT2D eigenvalue weighted by molar-refractivity contribution is 6.81. The smallest absolute Gasteiger partial charge is 0.314 e. The van der Waals surface area contributed by atoms with Gasteiger partial charge < -0.3 is 4.74 Å². The van der Waals surface area contributed by atoms with Crippen LogP contribution in [-0.2, 0) is 9.53 Å². The summed E-state index contributed by atoms with van der Waals surface area (Å²) in [6, 6.07) is 0. The lowest BCUT2D eigenvalue weighted by molar-refractivity contribution is -0.144. The van der Waals surface area contributed by atoms with E-state index in [9.17, 15) is 4.79 Å². The molecule has 0 aromatic carbocycles. The van der Waals surface area contributed by atoms with Crippen LogP contribution in [0.15, 0.2) is 11.3 Å². The number of hydrogen-bond donors (Lipinski definition) is 0. The molecule has 1 aliphatic heterocycles. The summed E-state index contributed by atoms with van der Waals surface area (Å²) in [5, 5.41) is 0. The Morgan fingerprint density at radius 3 is 2.78 bits per heavy atom. The van der Waals surface area contributed by atoms with E-state index in [-0.39, 0.29) is 23.4 Å². The van der Waals surface area contributed by atoms with Crippen LogP contribution in [0.3, 0.4) is 0 Å². The first-order chi connectivity index (χ1) is 8.42. The summed E-state index contributed by atoms with van der Waals surface area (Å²) in [6.45, 7) is 7.05. The second-order valence-corrected chi connectivity index (χ2v) is 12.4. The highest BCUT2D eigenvalue weighted by Crippen LogP contribution is 2.60. The first-order valence-electron chi connectivity index (χ1n) is 7.34. The number of rotatable bonds is 1. The van der Waals surface area contributed by atoms with Gasteiger partial charge in [-0.1, -0.05) is 37.3 Å². The Bertz CT molecular complexity index is 407. The van der Waals surface area contributed by atoms with E-state index in [2.05, 4.69) is 25.3 Å². The molecule has 2 nitrogen and oxygen atoms in total. The number of esters is 1. The lowest BCUT2D eigenvalue weighted by Gasteiger charge is -2.36. The fraction of sp³-hybridized carbons (Fsp3) is 0.800. The molecule has 1 heterocycles. The molecule has 0 amide bonds. The molecule has 18 heavy (non-hydrogen) atoms. The second kappa shape index (κ2) is 3.96. The molecule has 2 aliphatic carbocycles. The maximum Gasteiger partial charge on any atom is 0.314 e. The van der Waals surface area contributed by atoms with Gasteiger partial charge in [-0.2, -0.15) is 0 Å². The van der Waals surface area contributed by atoms with Crippen molar-refractivity contribution in [2.45, 2.75) is 64.3 Å². The van der Waals surface area contributed by atoms with Crippen molar-refractivity contribution in [3.05, 3.63) is 11.3 Å². The molecule has 0 radical (unpaired) electrons. The highest BCUT2D eigenvalue weighted by atomic mass is 28.3. The SMILES string of the molecule is C[Si](C)(C)/C=C1/CC[C@@]23CCCC[C@H]2OC(=O)[C@@H]13. The van der Waals surface area contributed by atoms with E-state index in [1.54, 1.807) is 0 Å². The third kappa shape index (κ3) is 1.78. The van der Waals surface area contributed by atoms with Crippen LogP contribution in [0.25, 0.3) is 0 Å². The molecule has 100 valence electrons. The maximum absolute atomic E-state index is 12.3. The lowest BCUT2D eigenvalue weighted by Crippen LogP contribution is -2.36. The third-order valence-electron chi connectivity index (χ3n) is 4.94. The molecule has 0 unspecified atom stereocenters. The zero-order valence-electron chi connectivity index (χ0n) is 11.8. The summed E-state index contributed by atoms with van der Waals surface area (Å²) in [5.41, 5.74) is 4.08. The van der Waals surface area contributed by atoms with Gasteiger partial charge in [0.2, 0.25) is 0 Å². The van der Waals surface area contributed by atoms with Crippen molar-refractivity contribution in [1.82, 2.24) is 0 Å². The molecule has 3 fully saturated rings. The van der Waals surface area contributed by atoms with Crippen molar-refractivity contribution in [2.75, 3.05) is 0 Å². The first-order valence-corrected chi connectivity index (χ1v) is 10.9. The number of ether oxygens (including phenoxy) is 1. The maximum atomic E-state index is 12.3. The normalized spacial score (nSPS) is 41.7. The van der Waals surface area contributed by atoms with E-state index in [4.69, 9.17) is 4.74 Å². The van der Waals surface area contributed by atoms with Crippen LogP contribution >= 0.6 is 0 Å².